The molecule has 2 rings (SSSR count). The molecule has 24 heavy (non-hydrogen) atoms. The fourth-order valence-electron chi connectivity index (χ4n) is 2.58. The molecule has 0 heterocycles. The zero-order valence-electron chi connectivity index (χ0n) is 14.2. The fraction of sp³-hybridized carbons (Fsp3) is 0.300. The van der Waals surface area contributed by atoms with E-state index in [2.05, 4.69) is 11.4 Å². The lowest BCUT2D eigenvalue weighted by atomic mass is 9.99. The Balaban J connectivity index is 2.10. The van der Waals surface area contributed by atoms with Gasteiger partial charge in [0.25, 0.3) is 0 Å². The summed E-state index contributed by atoms with van der Waals surface area (Å²) in [7, 11) is 1.40. The van der Waals surface area contributed by atoms with Gasteiger partial charge in [-0.3, -0.25) is 4.79 Å². The number of methoxy groups -OCH3 is 1. The molecule has 0 aliphatic heterocycles. The molecule has 0 radical (unpaired) electrons. The molecular weight excluding hydrogens is 300 g/mol. The third kappa shape index (κ3) is 4.21. The number of benzene rings is 2. The van der Waals surface area contributed by atoms with Crippen LogP contribution in [-0.4, -0.2) is 19.1 Å². The molecule has 0 aliphatic carbocycles. The van der Waals surface area contributed by atoms with Gasteiger partial charge in [0, 0.05) is 6.54 Å². The summed E-state index contributed by atoms with van der Waals surface area (Å²) in [6.07, 6.45) is 0. The first-order chi connectivity index (χ1) is 11.6. The van der Waals surface area contributed by atoms with E-state index < -0.39 is 0 Å². The molecular formula is C20H22N2O2. The summed E-state index contributed by atoms with van der Waals surface area (Å²) in [5, 5.41) is 12.4. The van der Waals surface area contributed by atoms with Gasteiger partial charge < -0.3 is 10.1 Å². The molecule has 0 aliphatic rings. The van der Waals surface area contributed by atoms with Crippen molar-refractivity contribution < 1.29 is 9.53 Å². The molecule has 2 aromatic rings. The molecule has 0 bridgehead atoms. The van der Waals surface area contributed by atoms with Crippen LogP contribution in [0.25, 0.3) is 11.1 Å². The predicted octanol–water partition coefficient (Wildman–Crippen LogP) is 3.51. The highest BCUT2D eigenvalue weighted by Gasteiger charge is 2.21. The van der Waals surface area contributed by atoms with Gasteiger partial charge in [-0.1, -0.05) is 56.3 Å². The second-order valence-corrected chi connectivity index (χ2v) is 5.98. The summed E-state index contributed by atoms with van der Waals surface area (Å²) in [6, 6.07) is 17.4. The first-order valence-electron chi connectivity index (χ1n) is 7.96. The molecule has 0 aromatic heterocycles. The minimum Gasteiger partial charge on any atom is -0.468 e. The summed E-state index contributed by atoms with van der Waals surface area (Å²) < 4.78 is 4.83. The first-order valence-corrected chi connectivity index (χ1v) is 7.96. The maximum Gasteiger partial charge on any atom is 0.323 e. The molecule has 2 aromatic carbocycles. The average molecular weight is 322 g/mol. The highest BCUT2D eigenvalue weighted by atomic mass is 16.5. The predicted molar refractivity (Wildman–Crippen MR) is 94.1 cm³/mol. The maximum absolute atomic E-state index is 11.8. The summed E-state index contributed by atoms with van der Waals surface area (Å²) in [4.78, 5) is 11.8. The SMILES string of the molecule is COC(=O)[C@H](NCc1ccc(-c2ccccc2C#N)cc1)C(C)C. The molecule has 1 atom stereocenters. The minimum absolute atomic E-state index is 0.152. The van der Waals surface area contributed by atoms with Crippen molar-refractivity contribution in [3.8, 4) is 17.2 Å². The topological polar surface area (TPSA) is 62.1 Å². The quantitative estimate of drug-likeness (QED) is 0.827. The van der Waals surface area contributed by atoms with Crippen LogP contribution >= 0.6 is 0 Å². The molecule has 0 spiro atoms. The molecule has 0 amide bonds. The van der Waals surface area contributed by atoms with E-state index in [1.165, 1.54) is 7.11 Å². The molecule has 0 saturated heterocycles. The van der Waals surface area contributed by atoms with Gasteiger partial charge in [0.05, 0.1) is 18.7 Å². The number of esters is 1. The van der Waals surface area contributed by atoms with Crippen molar-refractivity contribution in [2.45, 2.75) is 26.4 Å². The van der Waals surface area contributed by atoms with Crippen LogP contribution in [0.2, 0.25) is 0 Å². The fourth-order valence-corrected chi connectivity index (χ4v) is 2.58. The van der Waals surface area contributed by atoms with E-state index in [-0.39, 0.29) is 17.9 Å². The van der Waals surface area contributed by atoms with Gasteiger partial charge in [-0.05, 0) is 28.7 Å². The van der Waals surface area contributed by atoms with E-state index in [1.54, 1.807) is 0 Å². The second-order valence-electron chi connectivity index (χ2n) is 5.98. The summed E-state index contributed by atoms with van der Waals surface area (Å²) >= 11 is 0. The Bertz CT molecular complexity index is 730. The average Bonchev–Trinajstić information content (AvgIpc) is 2.61. The van der Waals surface area contributed by atoms with Crippen molar-refractivity contribution in [3.05, 3.63) is 59.7 Å². The van der Waals surface area contributed by atoms with Crippen molar-refractivity contribution in [2.75, 3.05) is 7.11 Å². The van der Waals surface area contributed by atoms with Crippen LogP contribution in [0.1, 0.15) is 25.0 Å². The lowest BCUT2D eigenvalue weighted by Crippen LogP contribution is -2.41. The zero-order chi connectivity index (χ0) is 17.5. The maximum atomic E-state index is 11.8. The van der Waals surface area contributed by atoms with E-state index >= 15 is 0 Å². The summed E-state index contributed by atoms with van der Waals surface area (Å²) in [5.74, 6) is -0.0937. The van der Waals surface area contributed by atoms with Crippen molar-refractivity contribution in [2.24, 2.45) is 5.92 Å². The molecule has 0 fully saturated rings. The molecule has 0 unspecified atom stereocenters. The molecule has 1 N–H and O–H groups in total. The van der Waals surface area contributed by atoms with E-state index in [9.17, 15) is 10.1 Å². The van der Waals surface area contributed by atoms with Gasteiger partial charge in [0.1, 0.15) is 6.04 Å². The van der Waals surface area contributed by atoms with Gasteiger partial charge in [-0.25, -0.2) is 0 Å². The van der Waals surface area contributed by atoms with Crippen LogP contribution in [0, 0.1) is 17.2 Å². The number of carbonyl (C=O) groups excluding carboxylic acids is 1. The Morgan fingerprint density at radius 1 is 1.17 bits per heavy atom. The number of nitrogens with zero attached hydrogens (tertiary/aromatic N) is 1. The van der Waals surface area contributed by atoms with Crippen molar-refractivity contribution in [1.29, 1.82) is 5.26 Å². The lowest BCUT2D eigenvalue weighted by Gasteiger charge is -2.20. The molecule has 0 saturated carbocycles. The summed E-state index contributed by atoms with van der Waals surface area (Å²) in [5.41, 5.74) is 3.66. The molecule has 4 heteroatoms. The highest BCUT2D eigenvalue weighted by molar-refractivity contribution is 5.76. The van der Waals surface area contributed by atoms with E-state index in [0.717, 1.165) is 16.7 Å². The van der Waals surface area contributed by atoms with Gasteiger partial charge in [-0.2, -0.15) is 5.26 Å². The first kappa shape index (κ1) is 17.7. The Hall–Kier alpha value is -2.64. The Labute approximate surface area is 143 Å². The van der Waals surface area contributed by atoms with Gasteiger partial charge in [0.2, 0.25) is 0 Å². The van der Waals surface area contributed by atoms with Crippen LogP contribution < -0.4 is 5.32 Å². The van der Waals surface area contributed by atoms with Crippen LogP contribution in [-0.2, 0) is 16.1 Å². The number of carbonyl (C=O) groups is 1. The van der Waals surface area contributed by atoms with Crippen LogP contribution in [0.15, 0.2) is 48.5 Å². The highest BCUT2D eigenvalue weighted by Crippen LogP contribution is 2.23. The standard InChI is InChI=1S/C20H22N2O2/c1-14(2)19(20(23)24-3)22-13-15-8-10-16(11-9-15)18-7-5-4-6-17(18)12-21/h4-11,14,19,22H,13H2,1-3H3/t19-/m1/s1. The number of rotatable bonds is 6. The Morgan fingerprint density at radius 3 is 2.42 bits per heavy atom. The number of nitriles is 1. The smallest absolute Gasteiger partial charge is 0.323 e. The van der Waals surface area contributed by atoms with Crippen molar-refractivity contribution >= 4 is 5.97 Å². The van der Waals surface area contributed by atoms with Gasteiger partial charge in [-0.15, -0.1) is 0 Å². The van der Waals surface area contributed by atoms with Crippen molar-refractivity contribution in [3.63, 3.8) is 0 Å². The third-order valence-corrected chi connectivity index (χ3v) is 3.96. The molecule has 4 nitrogen and oxygen atoms in total. The second kappa shape index (κ2) is 8.28. The minimum atomic E-state index is -0.325. The monoisotopic (exact) mass is 322 g/mol. The number of nitrogens with one attached hydrogen (secondary N) is 1. The number of hydrogen-bond donors (Lipinski definition) is 1. The largest absolute Gasteiger partial charge is 0.468 e. The van der Waals surface area contributed by atoms with Crippen LogP contribution in [0.4, 0.5) is 0 Å². The third-order valence-electron chi connectivity index (χ3n) is 3.96. The van der Waals surface area contributed by atoms with Crippen molar-refractivity contribution in [1.82, 2.24) is 5.32 Å². The van der Waals surface area contributed by atoms with E-state index in [0.29, 0.717) is 12.1 Å². The Morgan fingerprint density at radius 2 is 1.83 bits per heavy atom. The molecule has 124 valence electrons. The summed E-state index contributed by atoms with van der Waals surface area (Å²) in [6.45, 7) is 4.55. The number of hydrogen-bond acceptors (Lipinski definition) is 4. The van der Waals surface area contributed by atoms with Crippen LogP contribution in [0.5, 0.6) is 0 Å². The normalized spacial score (nSPS) is 11.8. The zero-order valence-corrected chi connectivity index (χ0v) is 14.2. The van der Waals surface area contributed by atoms with Crippen LogP contribution in [0.3, 0.4) is 0 Å². The Kier molecular flexibility index (Phi) is 6.11. The van der Waals surface area contributed by atoms with E-state index in [1.807, 2.05) is 62.4 Å². The van der Waals surface area contributed by atoms with Gasteiger partial charge >= 0.3 is 5.97 Å². The lowest BCUT2D eigenvalue weighted by molar-refractivity contribution is -0.144. The van der Waals surface area contributed by atoms with Gasteiger partial charge in [0.15, 0.2) is 0 Å². The number of ether oxygens (including phenoxy) is 1. The van der Waals surface area contributed by atoms with E-state index in [4.69, 9.17) is 4.74 Å².